The lowest BCUT2D eigenvalue weighted by Crippen LogP contribution is -2.35. The van der Waals surface area contributed by atoms with Crippen molar-refractivity contribution in [3.8, 4) is 17.2 Å². The van der Waals surface area contributed by atoms with E-state index in [2.05, 4.69) is 5.32 Å². The first-order valence-electron chi connectivity index (χ1n) is 12.2. The number of nitrogens with one attached hydrogen (secondary N) is 1. The van der Waals surface area contributed by atoms with Crippen LogP contribution in [0.15, 0.2) is 71.7 Å². The number of Topliss-reactive ketones (excluding diaryl/α,β-unsaturated/α-hetero) is 1. The molecular formula is C30H28ClF2N3O7. The van der Waals surface area contributed by atoms with Crippen LogP contribution in [0.1, 0.15) is 50.4 Å². The molecule has 3 aromatic carbocycles. The summed E-state index contributed by atoms with van der Waals surface area (Å²) in [4.78, 5) is 48.3. The number of nitrogens with zero attached hydrogens (tertiary/aromatic N) is 1. The van der Waals surface area contributed by atoms with Gasteiger partial charge in [0.05, 0.1) is 16.8 Å². The fraction of sp³-hybridized carbons (Fsp3) is 0.133. The van der Waals surface area contributed by atoms with Gasteiger partial charge in [-0.25, -0.2) is 8.78 Å². The number of ketones is 1. The minimum atomic E-state index is -1.57. The molecule has 4 aromatic rings. The first-order chi connectivity index (χ1) is 19.7. The summed E-state index contributed by atoms with van der Waals surface area (Å²) in [5.74, 6) is -6.31. The minimum absolute atomic E-state index is 0. The number of halogens is 3. The average Bonchev–Trinajstić information content (AvgIpc) is 2.88. The van der Waals surface area contributed by atoms with Gasteiger partial charge in [-0.3, -0.25) is 19.0 Å². The van der Waals surface area contributed by atoms with Crippen LogP contribution in [0, 0.1) is 25.5 Å². The van der Waals surface area contributed by atoms with Gasteiger partial charge in [-0.05, 0) is 79.9 Å². The Hall–Kier alpha value is -5.07. The molecule has 1 amide bonds. The van der Waals surface area contributed by atoms with E-state index in [4.69, 9.17) is 21.5 Å². The highest BCUT2D eigenvalue weighted by molar-refractivity contribution is 6.30. The number of hydrogen-bond donors (Lipinski definition) is 4. The number of aryl methyl sites for hydroxylation is 2. The number of quaternary nitrogens is 1. The van der Waals surface area contributed by atoms with Crippen molar-refractivity contribution in [3.63, 3.8) is 0 Å². The van der Waals surface area contributed by atoms with Crippen molar-refractivity contribution < 1.29 is 38.5 Å². The van der Waals surface area contributed by atoms with Gasteiger partial charge < -0.3 is 31.6 Å². The van der Waals surface area contributed by atoms with Gasteiger partial charge in [0, 0.05) is 29.3 Å². The summed E-state index contributed by atoms with van der Waals surface area (Å²) in [5, 5.41) is 31.7. The van der Waals surface area contributed by atoms with Crippen molar-refractivity contribution in [1.29, 1.82) is 0 Å². The fourth-order valence-electron chi connectivity index (χ4n) is 4.20. The number of carbonyl (C=O) groups is 3. The third-order valence-corrected chi connectivity index (χ3v) is 6.18. The number of phenols is 2. The van der Waals surface area contributed by atoms with Crippen LogP contribution >= 0.6 is 11.6 Å². The molecule has 1 unspecified atom stereocenters. The predicted octanol–water partition coefficient (Wildman–Crippen LogP) is 4.28. The molecule has 0 aliphatic heterocycles. The van der Waals surface area contributed by atoms with Gasteiger partial charge in [-0.15, -0.1) is 0 Å². The molecule has 1 atom stereocenters. The van der Waals surface area contributed by atoms with E-state index in [1.165, 1.54) is 35.0 Å². The number of aromatic nitrogens is 1. The highest BCUT2D eigenvalue weighted by Gasteiger charge is 2.29. The first-order valence-corrected chi connectivity index (χ1v) is 12.6. The molecule has 13 heteroatoms. The number of carboxylic acids is 1. The molecule has 0 bridgehead atoms. The Bertz CT molecular complexity index is 1730. The molecule has 0 saturated heterocycles. The number of phenolic OH excluding ortho intramolecular Hbond substituents is 2. The van der Waals surface area contributed by atoms with E-state index in [0.29, 0.717) is 27.9 Å². The maximum Gasteiger partial charge on any atom is 0.256 e. The Balaban J connectivity index is 0.00000121. The molecule has 1 heterocycles. The standard InChI is InChI=1S/C28H21ClF2N2O5.C2H4O2.H3N/c1-14-10-17(29)11-15(2)25(14)33-13-16(6-9-23(33)35)24(27(37)19-8-7-18(30)12-21(19)31)32-28(38)20-4-3-5-22(34)26(20)36;1-2(3)4;/h3-13,24,34,36H,1-2H3,(H,32,38);1H3,(H,3,4);1H3. The Labute approximate surface area is 249 Å². The van der Waals surface area contributed by atoms with E-state index in [9.17, 15) is 33.4 Å². The highest BCUT2D eigenvalue weighted by atomic mass is 35.5. The third kappa shape index (κ3) is 8.03. The van der Waals surface area contributed by atoms with E-state index < -0.39 is 58.0 Å². The number of carboxylic acid groups (broad SMARTS) is 1. The molecular weight excluding hydrogens is 588 g/mol. The number of aromatic hydroxyl groups is 2. The first kappa shape index (κ1) is 34.1. The number of aliphatic carboxylic acids is 1. The second-order valence-corrected chi connectivity index (χ2v) is 9.56. The number of pyridine rings is 1. The van der Waals surface area contributed by atoms with Crippen molar-refractivity contribution in [2.24, 2.45) is 0 Å². The van der Waals surface area contributed by atoms with Crippen LogP contribution in [0.3, 0.4) is 0 Å². The normalized spacial score (nSPS) is 10.9. The molecule has 43 heavy (non-hydrogen) atoms. The maximum atomic E-state index is 14.6. The lowest BCUT2D eigenvalue weighted by Gasteiger charge is -2.21. The molecule has 4 rings (SSSR count). The number of carbonyl (C=O) groups excluding carboxylic acids is 3. The Morgan fingerprint density at radius 2 is 1.56 bits per heavy atom. The lowest BCUT2D eigenvalue weighted by molar-refractivity contribution is -0.302. The van der Waals surface area contributed by atoms with Crippen LogP contribution in [-0.2, 0) is 4.79 Å². The fourth-order valence-corrected chi connectivity index (χ4v) is 4.53. The highest BCUT2D eigenvalue weighted by Crippen LogP contribution is 2.30. The van der Waals surface area contributed by atoms with Crippen molar-refractivity contribution in [2.45, 2.75) is 26.8 Å². The topological polar surface area (TPSA) is 185 Å². The van der Waals surface area contributed by atoms with Gasteiger partial charge >= 0.3 is 0 Å². The number of rotatable bonds is 6. The largest absolute Gasteiger partial charge is 0.550 e. The van der Waals surface area contributed by atoms with Crippen LogP contribution in [-0.4, -0.2) is 32.4 Å². The van der Waals surface area contributed by atoms with Gasteiger partial charge in [0.25, 0.3) is 11.5 Å². The summed E-state index contributed by atoms with van der Waals surface area (Å²) in [5.41, 5.74) is 0.621. The smallest absolute Gasteiger partial charge is 0.256 e. The van der Waals surface area contributed by atoms with Crippen LogP contribution in [0.5, 0.6) is 11.5 Å². The molecule has 0 aliphatic rings. The van der Waals surface area contributed by atoms with Crippen molar-refractivity contribution in [3.05, 3.63) is 122 Å². The molecule has 0 fully saturated rings. The zero-order valence-corrected chi connectivity index (χ0v) is 24.2. The summed E-state index contributed by atoms with van der Waals surface area (Å²) in [6, 6.07) is 10.3. The number of amides is 1. The molecule has 0 aliphatic carbocycles. The number of hydrogen-bond acceptors (Lipinski definition) is 7. The van der Waals surface area contributed by atoms with Crippen LogP contribution in [0.2, 0.25) is 5.02 Å². The maximum absolute atomic E-state index is 14.6. The molecule has 0 radical (unpaired) electrons. The van der Waals surface area contributed by atoms with E-state index in [0.717, 1.165) is 25.1 Å². The van der Waals surface area contributed by atoms with E-state index in [1.807, 2.05) is 0 Å². The van der Waals surface area contributed by atoms with Gasteiger partial charge in [-0.2, -0.15) is 0 Å². The Morgan fingerprint density at radius 3 is 2.14 bits per heavy atom. The summed E-state index contributed by atoms with van der Waals surface area (Å²) < 4.78 is 29.4. The molecule has 10 nitrogen and oxygen atoms in total. The zero-order chi connectivity index (χ0) is 31.3. The zero-order valence-electron chi connectivity index (χ0n) is 23.4. The minimum Gasteiger partial charge on any atom is -0.550 e. The summed E-state index contributed by atoms with van der Waals surface area (Å²) >= 11 is 6.13. The quantitative estimate of drug-likeness (QED) is 0.184. The molecule has 7 N–H and O–H groups in total. The number of benzene rings is 3. The van der Waals surface area contributed by atoms with Gasteiger partial charge in [-0.1, -0.05) is 17.7 Å². The monoisotopic (exact) mass is 615 g/mol. The molecule has 0 saturated carbocycles. The number of para-hydroxylation sites is 1. The Morgan fingerprint density at radius 1 is 0.953 bits per heavy atom. The van der Waals surface area contributed by atoms with Gasteiger partial charge in [0.2, 0.25) is 0 Å². The lowest BCUT2D eigenvalue weighted by atomic mass is 9.97. The predicted molar refractivity (Wildman–Crippen MR) is 154 cm³/mol. The van der Waals surface area contributed by atoms with Crippen LogP contribution < -0.4 is 22.1 Å². The van der Waals surface area contributed by atoms with Crippen molar-refractivity contribution in [2.75, 3.05) is 0 Å². The van der Waals surface area contributed by atoms with Gasteiger partial charge in [0.15, 0.2) is 17.3 Å². The SMILES string of the molecule is CC(=O)[O-].Cc1cc(Cl)cc(C)c1-n1cc(C(NC(=O)c2cccc(O)c2O)C(=O)c2ccc(F)cc2F)ccc1=O.[NH4+]. The van der Waals surface area contributed by atoms with E-state index >= 15 is 0 Å². The average molecular weight is 616 g/mol. The van der Waals surface area contributed by atoms with Crippen LogP contribution in [0.4, 0.5) is 8.78 Å². The Kier molecular flexibility index (Phi) is 11.3. The van der Waals surface area contributed by atoms with Crippen LogP contribution in [0.25, 0.3) is 5.69 Å². The van der Waals surface area contributed by atoms with Crippen molar-refractivity contribution in [1.82, 2.24) is 16.0 Å². The molecule has 1 aromatic heterocycles. The third-order valence-electron chi connectivity index (χ3n) is 5.96. The summed E-state index contributed by atoms with van der Waals surface area (Å²) in [6.45, 7) is 4.46. The summed E-state index contributed by atoms with van der Waals surface area (Å²) in [6.07, 6.45) is 1.33. The van der Waals surface area contributed by atoms with Crippen molar-refractivity contribution >= 4 is 29.3 Å². The second-order valence-electron chi connectivity index (χ2n) is 9.12. The van der Waals surface area contributed by atoms with E-state index in [-0.39, 0.29) is 17.3 Å². The second kappa shape index (κ2) is 14.2. The molecule has 0 spiro atoms. The van der Waals surface area contributed by atoms with E-state index in [1.54, 1.807) is 26.0 Å². The summed E-state index contributed by atoms with van der Waals surface area (Å²) in [7, 11) is 0. The van der Waals surface area contributed by atoms with Gasteiger partial charge in [0.1, 0.15) is 17.7 Å². The molecule has 226 valence electrons.